The van der Waals surface area contributed by atoms with E-state index in [4.69, 9.17) is 0 Å². The van der Waals surface area contributed by atoms with Gasteiger partial charge < -0.3 is 5.32 Å². The monoisotopic (exact) mass is 255 g/mol. The fourth-order valence-corrected chi connectivity index (χ4v) is 3.48. The molecule has 0 aliphatic heterocycles. The first-order valence-electron chi connectivity index (χ1n) is 6.39. The van der Waals surface area contributed by atoms with Gasteiger partial charge in [-0.3, -0.25) is 0 Å². The van der Waals surface area contributed by atoms with E-state index in [-0.39, 0.29) is 0 Å². The Morgan fingerprint density at radius 3 is 3.06 bits per heavy atom. The lowest BCUT2D eigenvalue weighted by Gasteiger charge is -2.19. The van der Waals surface area contributed by atoms with Gasteiger partial charge in [0, 0.05) is 18.8 Å². The molecule has 1 aromatic heterocycles. The molecular formula is C11H21N5S. The lowest BCUT2D eigenvalue weighted by molar-refractivity contribution is 0.400. The van der Waals surface area contributed by atoms with Crippen molar-refractivity contribution in [2.45, 2.75) is 43.8 Å². The number of hydrogen-bond donors (Lipinski definition) is 1. The predicted octanol–water partition coefficient (Wildman–Crippen LogP) is 1.47. The minimum absolute atomic E-state index is 0.734. The third-order valence-corrected chi connectivity index (χ3v) is 4.47. The molecule has 2 atom stereocenters. The predicted molar refractivity (Wildman–Crippen MR) is 68.9 cm³/mol. The van der Waals surface area contributed by atoms with Crippen LogP contribution in [0.2, 0.25) is 0 Å². The first kappa shape index (κ1) is 12.8. The van der Waals surface area contributed by atoms with E-state index in [1.807, 2.05) is 7.05 Å². The average molecular weight is 255 g/mol. The van der Waals surface area contributed by atoms with Gasteiger partial charge in [-0.1, -0.05) is 25.1 Å². The van der Waals surface area contributed by atoms with Crippen molar-refractivity contribution in [1.82, 2.24) is 25.5 Å². The number of aryl methyl sites for hydroxylation is 1. The van der Waals surface area contributed by atoms with Gasteiger partial charge in [-0.2, -0.15) is 0 Å². The number of tetrazole rings is 1. The molecule has 1 saturated carbocycles. The topological polar surface area (TPSA) is 55.6 Å². The van der Waals surface area contributed by atoms with Crippen LogP contribution in [-0.4, -0.2) is 38.5 Å². The molecule has 17 heavy (non-hydrogen) atoms. The average Bonchev–Trinajstić information content (AvgIpc) is 2.90. The first-order valence-corrected chi connectivity index (χ1v) is 7.38. The fourth-order valence-electron chi connectivity index (χ4n) is 2.56. The van der Waals surface area contributed by atoms with E-state index in [2.05, 4.69) is 27.8 Å². The lowest BCUT2D eigenvalue weighted by Crippen LogP contribution is -2.32. The van der Waals surface area contributed by atoms with Crippen LogP contribution in [0.1, 0.15) is 32.6 Å². The molecule has 0 bridgehead atoms. The Labute approximate surface area is 107 Å². The molecule has 0 amide bonds. The van der Waals surface area contributed by atoms with Gasteiger partial charge in [-0.15, -0.1) is 5.10 Å². The third-order valence-electron chi connectivity index (χ3n) is 3.43. The zero-order valence-electron chi connectivity index (χ0n) is 10.6. The van der Waals surface area contributed by atoms with Gasteiger partial charge in [-0.25, -0.2) is 4.68 Å². The van der Waals surface area contributed by atoms with Crippen molar-refractivity contribution >= 4 is 11.8 Å². The van der Waals surface area contributed by atoms with Crippen LogP contribution in [0.25, 0.3) is 0 Å². The fraction of sp³-hybridized carbons (Fsp3) is 0.909. The van der Waals surface area contributed by atoms with E-state index in [0.717, 1.165) is 29.4 Å². The number of hydrogen-bond acceptors (Lipinski definition) is 5. The summed E-state index contributed by atoms with van der Waals surface area (Å²) in [4.78, 5) is 0. The second-order valence-electron chi connectivity index (χ2n) is 4.58. The van der Waals surface area contributed by atoms with E-state index in [1.54, 1.807) is 16.4 Å². The van der Waals surface area contributed by atoms with Gasteiger partial charge >= 0.3 is 0 Å². The number of aromatic nitrogens is 4. The standard InChI is InChI=1S/C11H21N5S/c1-3-12-10-6-4-5-9(10)7-8-17-11-13-14-15-16(11)2/h9-10,12H,3-8H2,1-2H3. The van der Waals surface area contributed by atoms with Crippen LogP contribution in [0.15, 0.2) is 5.16 Å². The molecule has 2 rings (SSSR count). The second kappa shape index (κ2) is 6.35. The quantitative estimate of drug-likeness (QED) is 0.780. The van der Waals surface area contributed by atoms with E-state index in [0.29, 0.717) is 0 Å². The molecule has 5 nitrogen and oxygen atoms in total. The van der Waals surface area contributed by atoms with Crippen LogP contribution in [0.4, 0.5) is 0 Å². The zero-order chi connectivity index (χ0) is 12.1. The van der Waals surface area contributed by atoms with Crippen molar-refractivity contribution < 1.29 is 0 Å². The number of nitrogens with zero attached hydrogens (tertiary/aromatic N) is 4. The molecule has 2 unspecified atom stereocenters. The van der Waals surface area contributed by atoms with Gasteiger partial charge in [0.05, 0.1) is 0 Å². The first-order chi connectivity index (χ1) is 8.31. The van der Waals surface area contributed by atoms with E-state index in [9.17, 15) is 0 Å². The van der Waals surface area contributed by atoms with Crippen LogP contribution in [0.5, 0.6) is 0 Å². The van der Waals surface area contributed by atoms with Crippen LogP contribution in [-0.2, 0) is 7.05 Å². The Hall–Kier alpha value is -0.620. The molecule has 0 radical (unpaired) electrons. The lowest BCUT2D eigenvalue weighted by atomic mass is 10.0. The number of thioether (sulfide) groups is 1. The largest absolute Gasteiger partial charge is 0.314 e. The summed E-state index contributed by atoms with van der Waals surface area (Å²) in [5.41, 5.74) is 0. The third kappa shape index (κ3) is 3.42. The summed E-state index contributed by atoms with van der Waals surface area (Å²) < 4.78 is 1.74. The molecular weight excluding hydrogens is 234 g/mol. The molecule has 96 valence electrons. The van der Waals surface area contributed by atoms with Crippen LogP contribution >= 0.6 is 11.8 Å². The van der Waals surface area contributed by atoms with Crippen molar-refractivity contribution in [2.75, 3.05) is 12.3 Å². The summed E-state index contributed by atoms with van der Waals surface area (Å²) >= 11 is 1.76. The maximum absolute atomic E-state index is 3.98. The Balaban J connectivity index is 1.73. The smallest absolute Gasteiger partial charge is 0.209 e. The normalized spacial score (nSPS) is 24.4. The van der Waals surface area contributed by atoms with Crippen molar-refractivity contribution in [3.8, 4) is 0 Å². The Morgan fingerprint density at radius 2 is 2.35 bits per heavy atom. The van der Waals surface area contributed by atoms with E-state index in [1.165, 1.54) is 25.7 Å². The summed E-state index contributed by atoms with van der Waals surface area (Å²) in [5.74, 6) is 1.95. The summed E-state index contributed by atoms with van der Waals surface area (Å²) in [5, 5.41) is 16.0. The molecule has 1 fully saturated rings. The maximum atomic E-state index is 3.98. The number of rotatable bonds is 6. The highest BCUT2D eigenvalue weighted by Crippen LogP contribution is 2.30. The summed E-state index contributed by atoms with van der Waals surface area (Å²) in [6, 6.07) is 0.734. The van der Waals surface area contributed by atoms with Crippen molar-refractivity contribution in [3.63, 3.8) is 0 Å². The van der Waals surface area contributed by atoms with Gasteiger partial charge in [0.15, 0.2) is 0 Å². The number of nitrogens with one attached hydrogen (secondary N) is 1. The van der Waals surface area contributed by atoms with Gasteiger partial charge in [0.25, 0.3) is 0 Å². The minimum atomic E-state index is 0.734. The second-order valence-corrected chi connectivity index (χ2v) is 5.64. The molecule has 0 aromatic carbocycles. The molecule has 1 aliphatic rings. The SMILES string of the molecule is CCNC1CCCC1CCSc1nnnn1C. The Morgan fingerprint density at radius 1 is 1.47 bits per heavy atom. The van der Waals surface area contributed by atoms with Crippen LogP contribution in [0.3, 0.4) is 0 Å². The highest BCUT2D eigenvalue weighted by atomic mass is 32.2. The Bertz CT molecular complexity index is 340. The summed E-state index contributed by atoms with van der Waals surface area (Å²) in [6.07, 6.45) is 5.34. The van der Waals surface area contributed by atoms with E-state index < -0.39 is 0 Å². The highest BCUT2D eigenvalue weighted by molar-refractivity contribution is 7.99. The molecule has 1 aliphatic carbocycles. The van der Waals surface area contributed by atoms with Gasteiger partial charge in [0.2, 0.25) is 5.16 Å². The molecule has 0 spiro atoms. The highest BCUT2D eigenvalue weighted by Gasteiger charge is 2.25. The van der Waals surface area contributed by atoms with Crippen molar-refractivity contribution in [3.05, 3.63) is 0 Å². The van der Waals surface area contributed by atoms with Gasteiger partial charge in [0.1, 0.15) is 0 Å². The van der Waals surface area contributed by atoms with Crippen LogP contribution in [0, 0.1) is 5.92 Å². The van der Waals surface area contributed by atoms with Crippen molar-refractivity contribution in [1.29, 1.82) is 0 Å². The van der Waals surface area contributed by atoms with Crippen LogP contribution < -0.4 is 5.32 Å². The zero-order valence-corrected chi connectivity index (χ0v) is 11.4. The summed E-state index contributed by atoms with van der Waals surface area (Å²) in [7, 11) is 1.89. The molecule has 1 heterocycles. The van der Waals surface area contributed by atoms with Crippen molar-refractivity contribution in [2.24, 2.45) is 13.0 Å². The van der Waals surface area contributed by atoms with Gasteiger partial charge in [-0.05, 0) is 42.2 Å². The molecule has 1 N–H and O–H groups in total. The molecule has 1 aromatic rings. The summed E-state index contributed by atoms with van der Waals surface area (Å²) in [6.45, 7) is 3.27. The minimum Gasteiger partial charge on any atom is -0.314 e. The maximum Gasteiger partial charge on any atom is 0.209 e. The Kier molecular flexibility index (Phi) is 4.79. The molecule has 6 heteroatoms. The molecule has 0 saturated heterocycles. The van der Waals surface area contributed by atoms with E-state index >= 15 is 0 Å².